The molecule has 0 atom stereocenters. The van der Waals surface area contributed by atoms with Crippen LogP contribution in [-0.4, -0.2) is 44.5 Å². The van der Waals surface area contributed by atoms with Crippen LogP contribution in [0.4, 0.5) is 0 Å². The molecule has 1 saturated heterocycles. The van der Waals surface area contributed by atoms with Crippen LogP contribution in [0.3, 0.4) is 0 Å². The molecule has 1 aliphatic rings. The summed E-state index contributed by atoms with van der Waals surface area (Å²) in [6.07, 6.45) is 5.65. The van der Waals surface area contributed by atoms with Crippen molar-refractivity contribution in [2.75, 3.05) is 26.2 Å². The van der Waals surface area contributed by atoms with Gasteiger partial charge in [-0.15, -0.1) is 0 Å². The quantitative estimate of drug-likeness (QED) is 0.766. The lowest BCUT2D eigenvalue weighted by Gasteiger charge is -2.26. The summed E-state index contributed by atoms with van der Waals surface area (Å²) in [4.78, 5) is 15.8. The Morgan fingerprint density at radius 3 is 2.67 bits per heavy atom. The Labute approximate surface area is 129 Å². The highest BCUT2D eigenvalue weighted by Crippen LogP contribution is 2.11. The molecule has 21 heavy (non-hydrogen) atoms. The fourth-order valence-electron chi connectivity index (χ4n) is 2.37. The number of pyridine rings is 1. The summed E-state index contributed by atoms with van der Waals surface area (Å²) in [5.74, 6) is 0. The number of nitrogens with zero attached hydrogens (tertiary/aromatic N) is 1. The van der Waals surface area contributed by atoms with E-state index in [0.717, 1.165) is 38.3 Å². The summed E-state index contributed by atoms with van der Waals surface area (Å²) >= 11 is 5.64. The standard InChI is InChI=1S/C13H20ClN3O3S/c14-12-9-11(10-15-13(12)18)21(19,20)16-5-4-8-17-6-2-1-3-7-17/h9-10,16H,1-8H2,(H,15,18). The molecule has 1 fully saturated rings. The number of piperidine rings is 1. The number of hydrogen-bond donors (Lipinski definition) is 2. The first-order valence-corrected chi connectivity index (χ1v) is 8.95. The summed E-state index contributed by atoms with van der Waals surface area (Å²) in [5.41, 5.74) is -0.499. The molecular formula is C13H20ClN3O3S. The largest absolute Gasteiger partial charge is 0.326 e. The van der Waals surface area contributed by atoms with Crippen molar-refractivity contribution >= 4 is 21.6 Å². The number of halogens is 1. The molecule has 2 heterocycles. The minimum atomic E-state index is -3.63. The first kappa shape index (κ1) is 16.5. The average molecular weight is 334 g/mol. The van der Waals surface area contributed by atoms with E-state index in [1.807, 2.05) is 0 Å². The minimum absolute atomic E-state index is 0.0231. The van der Waals surface area contributed by atoms with E-state index in [4.69, 9.17) is 11.6 Å². The highest BCUT2D eigenvalue weighted by molar-refractivity contribution is 7.89. The Kier molecular flexibility index (Phi) is 5.80. The lowest BCUT2D eigenvalue weighted by atomic mass is 10.1. The molecular weight excluding hydrogens is 314 g/mol. The van der Waals surface area contributed by atoms with E-state index in [9.17, 15) is 13.2 Å². The Bertz CT molecular complexity index is 624. The van der Waals surface area contributed by atoms with Gasteiger partial charge in [0, 0.05) is 12.7 Å². The van der Waals surface area contributed by atoms with Crippen LogP contribution in [0, 0.1) is 0 Å². The predicted molar refractivity (Wildman–Crippen MR) is 82.2 cm³/mol. The third-order valence-corrected chi connectivity index (χ3v) is 5.25. The van der Waals surface area contributed by atoms with Gasteiger partial charge in [-0.25, -0.2) is 13.1 Å². The van der Waals surface area contributed by atoms with Crippen molar-refractivity contribution in [3.63, 3.8) is 0 Å². The molecule has 0 radical (unpaired) electrons. The molecule has 1 aromatic heterocycles. The third kappa shape index (κ3) is 4.81. The van der Waals surface area contributed by atoms with E-state index >= 15 is 0 Å². The van der Waals surface area contributed by atoms with Crippen molar-refractivity contribution in [2.24, 2.45) is 0 Å². The smallest absolute Gasteiger partial charge is 0.266 e. The Morgan fingerprint density at radius 2 is 2.00 bits per heavy atom. The first-order chi connectivity index (χ1) is 9.99. The van der Waals surface area contributed by atoms with E-state index in [0.29, 0.717) is 6.54 Å². The zero-order valence-electron chi connectivity index (χ0n) is 11.8. The van der Waals surface area contributed by atoms with E-state index in [-0.39, 0.29) is 9.92 Å². The van der Waals surface area contributed by atoms with Gasteiger partial charge in [0.25, 0.3) is 5.56 Å². The maximum Gasteiger partial charge on any atom is 0.266 e. The van der Waals surface area contributed by atoms with Gasteiger partial charge in [0.1, 0.15) is 5.02 Å². The fourth-order valence-corrected chi connectivity index (χ4v) is 3.67. The van der Waals surface area contributed by atoms with Crippen LogP contribution in [0.5, 0.6) is 0 Å². The summed E-state index contributed by atoms with van der Waals surface area (Å²) < 4.78 is 26.6. The molecule has 0 amide bonds. The van der Waals surface area contributed by atoms with Gasteiger partial charge in [-0.2, -0.15) is 0 Å². The first-order valence-electron chi connectivity index (χ1n) is 7.09. The molecule has 0 unspecified atom stereocenters. The molecule has 1 aliphatic heterocycles. The van der Waals surface area contributed by atoms with Crippen molar-refractivity contribution in [3.8, 4) is 0 Å². The minimum Gasteiger partial charge on any atom is -0.326 e. The molecule has 2 rings (SSSR count). The number of sulfonamides is 1. The second kappa shape index (κ2) is 7.40. The van der Waals surface area contributed by atoms with Crippen LogP contribution >= 0.6 is 11.6 Å². The van der Waals surface area contributed by atoms with Crippen molar-refractivity contribution in [3.05, 3.63) is 27.6 Å². The average Bonchev–Trinajstić information content (AvgIpc) is 2.47. The molecule has 0 bridgehead atoms. The monoisotopic (exact) mass is 333 g/mol. The number of nitrogens with one attached hydrogen (secondary N) is 2. The molecule has 6 nitrogen and oxygen atoms in total. The third-order valence-electron chi connectivity index (χ3n) is 3.53. The highest BCUT2D eigenvalue weighted by atomic mass is 35.5. The molecule has 0 aliphatic carbocycles. The normalized spacial score (nSPS) is 17.0. The van der Waals surface area contributed by atoms with E-state index < -0.39 is 15.6 Å². The second-order valence-corrected chi connectivity index (χ2v) is 7.34. The SMILES string of the molecule is O=c1[nH]cc(S(=O)(=O)NCCCN2CCCCC2)cc1Cl. The lowest BCUT2D eigenvalue weighted by molar-refractivity contribution is 0.227. The molecule has 0 spiro atoms. The molecule has 0 saturated carbocycles. The number of aromatic nitrogens is 1. The highest BCUT2D eigenvalue weighted by Gasteiger charge is 2.15. The molecule has 0 aromatic carbocycles. The number of hydrogen-bond acceptors (Lipinski definition) is 4. The van der Waals surface area contributed by atoms with Gasteiger partial charge < -0.3 is 9.88 Å². The zero-order valence-corrected chi connectivity index (χ0v) is 13.3. The number of H-pyrrole nitrogens is 1. The predicted octanol–water partition coefficient (Wildman–Crippen LogP) is 1.18. The van der Waals surface area contributed by atoms with Gasteiger partial charge >= 0.3 is 0 Å². The lowest BCUT2D eigenvalue weighted by Crippen LogP contribution is -2.33. The van der Waals surface area contributed by atoms with E-state index in [2.05, 4.69) is 14.6 Å². The summed E-state index contributed by atoms with van der Waals surface area (Å²) in [6.45, 7) is 3.47. The maximum atomic E-state index is 12.0. The van der Waals surface area contributed by atoms with Gasteiger partial charge in [0.05, 0.1) is 4.90 Å². The van der Waals surface area contributed by atoms with Gasteiger partial charge in [0.15, 0.2) is 0 Å². The van der Waals surface area contributed by atoms with Gasteiger partial charge in [-0.05, 0) is 45.0 Å². The summed E-state index contributed by atoms with van der Waals surface area (Å²) in [7, 11) is -3.63. The van der Waals surface area contributed by atoms with Crippen LogP contribution in [0.1, 0.15) is 25.7 Å². The van der Waals surface area contributed by atoms with Crippen molar-refractivity contribution < 1.29 is 8.42 Å². The van der Waals surface area contributed by atoms with Crippen molar-refractivity contribution in [2.45, 2.75) is 30.6 Å². The van der Waals surface area contributed by atoms with Gasteiger partial charge in [0.2, 0.25) is 10.0 Å². The van der Waals surface area contributed by atoms with Crippen LogP contribution < -0.4 is 10.3 Å². The topological polar surface area (TPSA) is 82.3 Å². The zero-order chi connectivity index (χ0) is 15.3. The van der Waals surface area contributed by atoms with Crippen molar-refractivity contribution in [1.82, 2.24) is 14.6 Å². The Balaban J connectivity index is 1.83. The van der Waals surface area contributed by atoms with Crippen molar-refractivity contribution in [1.29, 1.82) is 0 Å². The van der Waals surface area contributed by atoms with Crippen LogP contribution in [0.2, 0.25) is 5.02 Å². The van der Waals surface area contributed by atoms with Crippen LogP contribution in [0.15, 0.2) is 22.0 Å². The molecule has 2 N–H and O–H groups in total. The number of aromatic amines is 1. The number of rotatable bonds is 6. The summed E-state index contributed by atoms with van der Waals surface area (Å²) in [6, 6.07) is 1.16. The fraction of sp³-hybridized carbons (Fsp3) is 0.615. The Morgan fingerprint density at radius 1 is 1.29 bits per heavy atom. The van der Waals surface area contributed by atoms with Crippen LogP contribution in [-0.2, 0) is 10.0 Å². The van der Waals surface area contributed by atoms with E-state index in [1.165, 1.54) is 19.3 Å². The van der Waals surface area contributed by atoms with Crippen LogP contribution in [0.25, 0.3) is 0 Å². The summed E-state index contributed by atoms with van der Waals surface area (Å²) in [5, 5.41) is -0.133. The van der Waals surface area contributed by atoms with Gasteiger partial charge in [-0.3, -0.25) is 4.79 Å². The van der Waals surface area contributed by atoms with E-state index in [1.54, 1.807) is 0 Å². The second-order valence-electron chi connectivity index (χ2n) is 5.17. The Hall–Kier alpha value is -0.890. The molecule has 1 aromatic rings. The van der Waals surface area contributed by atoms with Gasteiger partial charge in [-0.1, -0.05) is 18.0 Å². The molecule has 8 heteroatoms. The molecule has 118 valence electrons. The maximum absolute atomic E-state index is 12.0. The number of likely N-dealkylation sites (tertiary alicyclic amines) is 1.